The predicted octanol–water partition coefficient (Wildman–Crippen LogP) is 3.01. The molecular formula is C32H43N5O5S. The SMILES string of the molecule is CN[C@H](C(=O)NC(C(=O)N(C)C/C=C(\C)C(=O)NS(=O)(=O)Cc1ccc(C#N)cc1)C(C)(C)C)C(C)(C)c1ccccc1. The number of benzene rings is 2. The number of nitrogens with zero attached hydrogens (tertiary/aromatic N) is 2. The molecule has 0 aliphatic heterocycles. The van der Waals surface area contributed by atoms with Crippen LogP contribution in [0.3, 0.4) is 0 Å². The molecule has 232 valence electrons. The van der Waals surface area contributed by atoms with E-state index in [0.717, 1.165) is 5.56 Å². The van der Waals surface area contributed by atoms with Crippen molar-refractivity contribution in [2.75, 3.05) is 20.6 Å². The highest BCUT2D eigenvalue weighted by Gasteiger charge is 2.40. The molecule has 2 aromatic carbocycles. The third-order valence-electron chi connectivity index (χ3n) is 7.28. The van der Waals surface area contributed by atoms with Gasteiger partial charge >= 0.3 is 0 Å². The fraction of sp³-hybridized carbons (Fsp3) is 0.438. The van der Waals surface area contributed by atoms with Gasteiger partial charge in [-0.1, -0.05) is 83.2 Å². The second-order valence-corrected chi connectivity index (χ2v) is 13.9. The first-order valence-electron chi connectivity index (χ1n) is 13.9. The summed E-state index contributed by atoms with van der Waals surface area (Å²) in [5, 5.41) is 14.9. The van der Waals surface area contributed by atoms with Gasteiger partial charge in [0.25, 0.3) is 5.91 Å². The Morgan fingerprint density at radius 2 is 1.56 bits per heavy atom. The highest BCUT2D eigenvalue weighted by atomic mass is 32.2. The molecular weight excluding hydrogens is 566 g/mol. The molecule has 0 aliphatic rings. The predicted molar refractivity (Wildman–Crippen MR) is 167 cm³/mol. The maximum atomic E-state index is 13.6. The lowest BCUT2D eigenvalue weighted by Crippen LogP contribution is -2.60. The van der Waals surface area contributed by atoms with E-state index in [9.17, 15) is 22.8 Å². The Morgan fingerprint density at radius 3 is 2.07 bits per heavy atom. The number of carbonyl (C=O) groups excluding carboxylic acids is 3. The van der Waals surface area contributed by atoms with Gasteiger partial charge in [0.15, 0.2) is 0 Å². The number of likely N-dealkylation sites (N-methyl/N-ethyl adjacent to an activating group) is 2. The Hall–Kier alpha value is -4.01. The van der Waals surface area contributed by atoms with Gasteiger partial charge in [-0.05, 0) is 42.6 Å². The lowest BCUT2D eigenvalue weighted by atomic mass is 9.76. The minimum absolute atomic E-state index is 0.0151. The largest absolute Gasteiger partial charge is 0.342 e. The van der Waals surface area contributed by atoms with Gasteiger partial charge in [0.2, 0.25) is 21.8 Å². The molecule has 0 fully saturated rings. The topological polar surface area (TPSA) is 148 Å². The summed E-state index contributed by atoms with van der Waals surface area (Å²) in [5.74, 6) is -1.92. The van der Waals surface area contributed by atoms with Gasteiger partial charge < -0.3 is 15.5 Å². The van der Waals surface area contributed by atoms with Gasteiger partial charge in [0.1, 0.15) is 6.04 Å². The van der Waals surface area contributed by atoms with E-state index in [1.165, 1.54) is 42.2 Å². The molecule has 0 aliphatic carbocycles. The summed E-state index contributed by atoms with van der Waals surface area (Å²) in [4.78, 5) is 41.1. The molecule has 3 amide bonds. The minimum atomic E-state index is -4.00. The summed E-state index contributed by atoms with van der Waals surface area (Å²) in [5.41, 5.74) is 0.692. The van der Waals surface area contributed by atoms with Crippen LogP contribution in [-0.4, -0.2) is 63.8 Å². The first-order chi connectivity index (χ1) is 19.9. The third-order valence-corrected chi connectivity index (χ3v) is 8.49. The van der Waals surface area contributed by atoms with E-state index in [4.69, 9.17) is 5.26 Å². The standard InChI is InChI=1S/C32H43N5O5S/c1-22(28(38)36-43(41,42)21-24-16-14-23(20-33)15-17-24)18-19-37(8)30(40)27(31(2,3)4)35-29(39)26(34-7)32(5,6)25-12-10-9-11-13-25/h9-18,26-27,34H,19,21H2,1-8H3,(H,35,39)(H,36,38)/b22-18+/t26-,27?/m1/s1. The van der Waals surface area contributed by atoms with Gasteiger partial charge in [0, 0.05) is 24.6 Å². The van der Waals surface area contributed by atoms with E-state index in [0.29, 0.717) is 11.1 Å². The van der Waals surface area contributed by atoms with Crippen LogP contribution in [0.1, 0.15) is 58.2 Å². The number of rotatable bonds is 12. The van der Waals surface area contributed by atoms with Crippen molar-refractivity contribution >= 4 is 27.7 Å². The number of sulfonamides is 1. The quantitative estimate of drug-likeness (QED) is 0.313. The summed E-state index contributed by atoms with van der Waals surface area (Å²) in [6.45, 7) is 11.0. The summed E-state index contributed by atoms with van der Waals surface area (Å²) in [7, 11) is -0.738. The van der Waals surface area contributed by atoms with Crippen molar-refractivity contribution in [1.82, 2.24) is 20.3 Å². The van der Waals surface area contributed by atoms with Crippen molar-refractivity contribution in [2.24, 2.45) is 5.41 Å². The van der Waals surface area contributed by atoms with Gasteiger partial charge in [-0.3, -0.25) is 14.4 Å². The molecule has 3 N–H and O–H groups in total. The van der Waals surface area contributed by atoms with Crippen molar-refractivity contribution in [1.29, 1.82) is 5.26 Å². The molecule has 2 atom stereocenters. The summed E-state index contributed by atoms with van der Waals surface area (Å²) in [6.07, 6.45) is 1.46. The zero-order valence-corrected chi connectivity index (χ0v) is 27.0. The maximum Gasteiger partial charge on any atom is 0.260 e. The van der Waals surface area contributed by atoms with Crippen LogP contribution < -0.4 is 15.4 Å². The molecule has 0 saturated carbocycles. The Bertz CT molecular complexity index is 1470. The average Bonchev–Trinajstić information content (AvgIpc) is 2.94. The zero-order chi connectivity index (χ0) is 32.6. The van der Waals surface area contributed by atoms with E-state index in [1.54, 1.807) is 14.1 Å². The van der Waals surface area contributed by atoms with Crippen LogP contribution in [0.5, 0.6) is 0 Å². The van der Waals surface area contributed by atoms with Crippen molar-refractivity contribution in [3.8, 4) is 6.07 Å². The number of nitrogens with one attached hydrogen (secondary N) is 3. The van der Waals surface area contributed by atoms with E-state index >= 15 is 0 Å². The zero-order valence-electron chi connectivity index (χ0n) is 26.2. The van der Waals surface area contributed by atoms with E-state index in [1.807, 2.05) is 75.7 Å². The van der Waals surface area contributed by atoms with Gasteiger partial charge in [-0.15, -0.1) is 0 Å². The monoisotopic (exact) mass is 609 g/mol. The van der Waals surface area contributed by atoms with E-state index in [-0.39, 0.29) is 23.9 Å². The second-order valence-electron chi connectivity index (χ2n) is 12.2. The summed E-state index contributed by atoms with van der Waals surface area (Å²) < 4.78 is 27.1. The Kier molecular flexibility index (Phi) is 11.8. The molecule has 0 radical (unpaired) electrons. The van der Waals surface area contributed by atoms with Crippen LogP contribution in [-0.2, 0) is 35.6 Å². The number of hydrogen-bond donors (Lipinski definition) is 3. The lowest BCUT2D eigenvalue weighted by Gasteiger charge is -2.38. The molecule has 0 saturated heterocycles. The number of hydrogen-bond acceptors (Lipinski definition) is 7. The van der Waals surface area contributed by atoms with Crippen LogP contribution in [0.15, 0.2) is 66.2 Å². The molecule has 0 heterocycles. The molecule has 43 heavy (non-hydrogen) atoms. The number of amides is 3. The Labute approximate surface area is 255 Å². The smallest absolute Gasteiger partial charge is 0.260 e. The highest BCUT2D eigenvalue weighted by molar-refractivity contribution is 7.89. The first kappa shape index (κ1) is 35.2. The summed E-state index contributed by atoms with van der Waals surface area (Å²) >= 11 is 0. The normalized spacial score (nSPS) is 13.8. The van der Waals surface area contributed by atoms with Crippen LogP contribution in [0.4, 0.5) is 0 Å². The molecule has 11 heteroatoms. The van der Waals surface area contributed by atoms with Gasteiger partial charge in [-0.25, -0.2) is 13.1 Å². The van der Waals surface area contributed by atoms with Crippen molar-refractivity contribution < 1.29 is 22.8 Å². The molecule has 0 bridgehead atoms. The van der Waals surface area contributed by atoms with Crippen molar-refractivity contribution in [3.63, 3.8) is 0 Å². The van der Waals surface area contributed by atoms with E-state index < -0.39 is 44.6 Å². The molecule has 1 unspecified atom stereocenters. The molecule has 0 aromatic heterocycles. The average molecular weight is 610 g/mol. The second kappa shape index (κ2) is 14.4. The third kappa shape index (κ3) is 9.76. The molecule has 0 spiro atoms. The van der Waals surface area contributed by atoms with Crippen molar-refractivity contribution in [2.45, 2.75) is 64.8 Å². The minimum Gasteiger partial charge on any atom is -0.342 e. The molecule has 10 nitrogen and oxygen atoms in total. The van der Waals surface area contributed by atoms with Gasteiger partial charge in [0.05, 0.1) is 23.4 Å². The Balaban J connectivity index is 2.11. The Morgan fingerprint density at radius 1 is 0.977 bits per heavy atom. The van der Waals surface area contributed by atoms with Crippen LogP contribution in [0.25, 0.3) is 0 Å². The van der Waals surface area contributed by atoms with Crippen LogP contribution in [0, 0.1) is 16.7 Å². The van der Waals surface area contributed by atoms with Crippen LogP contribution >= 0.6 is 0 Å². The number of carbonyl (C=O) groups is 3. The fourth-order valence-electron chi connectivity index (χ4n) is 4.56. The van der Waals surface area contributed by atoms with Crippen LogP contribution in [0.2, 0.25) is 0 Å². The first-order valence-corrected chi connectivity index (χ1v) is 15.6. The van der Waals surface area contributed by atoms with Crippen molar-refractivity contribution in [3.05, 3.63) is 82.9 Å². The fourth-order valence-corrected chi connectivity index (χ4v) is 5.70. The van der Waals surface area contributed by atoms with Gasteiger partial charge in [-0.2, -0.15) is 5.26 Å². The van der Waals surface area contributed by atoms with E-state index in [2.05, 4.69) is 10.6 Å². The lowest BCUT2D eigenvalue weighted by molar-refractivity contribution is -0.139. The highest BCUT2D eigenvalue weighted by Crippen LogP contribution is 2.28. The maximum absolute atomic E-state index is 13.6. The number of nitriles is 1. The summed E-state index contributed by atoms with van der Waals surface area (Å²) in [6, 6.07) is 16.1. The molecule has 2 rings (SSSR count). The molecule has 2 aromatic rings.